The Morgan fingerprint density at radius 1 is 1.19 bits per heavy atom. The molecule has 0 spiro atoms. The molecule has 3 rings (SSSR count). The average Bonchev–Trinajstić information content (AvgIpc) is 2.91. The van der Waals surface area contributed by atoms with Crippen molar-refractivity contribution >= 4 is 23.1 Å². The Morgan fingerprint density at radius 2 is 1.88 bits per heavy atom. The zero-order chi connectivity index (χ0) is 18.9. The summed E-state index contributed by atoms with van der Waals surface area (Å²) in [6.45, 7) is 5.97. The van der Waals surface area contributed by atoms with Crippen LogP contribution in [0.2, 0.25) is 0 Å². The van der Waals surface area contributed by atoms with Gasteiger partial charge < -0.3 is 9.80 Å². The van der Waals surface area contributed by atoms with Crippen LogP contribution in [0, 0.1) is 13.8 Å². The second kappa shape index (κ2) is 7.22. The number of nitrogens with zero attached hydrogens (tertiary/aromatic N) is 4. The van der Waals surface area contributed by atoms with Crippen molar-refractivity contribution in [1.82, 2.24) is 14.9 Å². The quantitative estimate of drug-likeness (QED) is 0.816. The van der Waals surface area contributed by atoms with Gasteiger partial charge in [-0.05, 0) is 26.0 Å². The molecule has 2 aromatic heterocycles. The third-order valence-electron chi connectivity index (χ3n) is 4.34. The van der Waals surface area contributed by atoms with Crippen molar-refractivity contribution in [3.05, 3.63) is 39.5 Å². The van der Waals surface area contributed by atoms with Crippen LogP contribution < -0.4 is 4.90 Å². The van der Waals surface area contributed by atoms with E-state index in [4.69, 9.17) is 0 Å². The lowest BCUT2D eigenvalue weighted by Gasteiger charge is -2.35. The van der Waals surface area contributed by atoms with Gasteiger partial charge in [-0.25, -0.2) is 9.97 Å². The lowest BCUT2D eigenvalue weighted by molar-refractivity contribution is -0.137. The lowest BCUT2D eigenvalue weighted by Crippen LogP contribution is -2.49. The summed E-state index contributed by atoms with van der Waals surface area (Å²) in [6.07, 6.45) is -3.19. The fourth-order valence-corrected chi connectivity index (χ4v) is 3.84. The molecule has 9 heteroatoms. The lowest BCUT2D eigenvalue weighted by atomic mass is 10.2. The standard InChI is InChI=1S/C17H19F3N4OS/c1-11-14(26-12(2)22-11)9-16(25)24-7-5-23(6-8-24)15-4-3-13(10-21-15)17(18,19)20/h3-4,10H,5-9H2,1-2H3. The van der Waals surface area contributed by atoms with E-state index < -0.39 is 11.7 Å². The molecule has 1 amide bonds. The molecule has 0 aromatic carbocycles. The third kappa shape index (κ3) is 4.14. The minimum absolute atomic E-state index is 0.0526. The molecule has 0 saturated carbocycles. The van der Waals surface area contributed by atoms with Crippen LogP contribution in [0.4, 0.5) is 19.0 Å². The number of hydrogen-bond donors (Lipinski definition) is 0. The molecule has 3 heterocycles. The van der Waals surface area contributed by atoms with Crippen molar-refractivity contribution in [2.75, 3.05) is 31.1 Å². The van der Waals surface area contributed by atoms with Gasteiger partial charge in [0.05, 0.1) is 22.7 Å². The molecule has 1 fully saturated rings. The van der Waals surface area contributed by atoms with E-state index in [2.05, 4.69) is 9.97 Å². The highest BCUT2D eigenvalue weighted by molar-refractivity contribution is 7.11. The number of amides is 1. The Labute approximate surface area is 153 Å². The van der Waals surface area contributed by atoms with E-state index in [0.717, 1.165) is 27.8 Å². The first-order valence-electron chi connectivity index (χ1n) is 8.23. The molecule has 0 unspecified atom stereocenters. The van der Waals surface area contributed by atoms with E-state index in [1.807, 2.05) is 18.7 Å². The van der Waals surface area contributed by atoms with Crippen molar-refractivity contribution in [1.29, 1.82) is 0 Å². The number of halogens is 3. The molecule has 5 nitrogen and oxygen atoms in total. The monoisotopic (exact) mass is 384 g/mol. The predicted octanol–water partition coefficient (Wildman–Crippen LogP) is 3.07. The average molecular weight is 384 g/mol. The van der Waals surface area contributed by atoms with Crippen molar-refractivity contribution in [3.8, 4) is 0 Å². The van der Waals surface area contributed by atoms with Crippen LogP contribution in [0.5, 0.6) is 0 Å². The molecule has 1 aliphatic rings. The van der Waals surface area contributed by atoms with Crippen molar-refractivity contribution in [3.63, 3.8) is 0 Å². The first-order valence-corrected chi connectivity index (χ1v) is 9.04. The van der Waals surface area contributed by atoms with Gasteiger partial charge in [0, 0.05) is 37.3 Å². The number of aromatic nitrogens is 2. The topological polar surface area (TPSA) is 49.3 Å². The van der Waals surface area contributed by atoms with Gasteiger partial charge in [0.1, 0.15) is 5.82 Å². The molecule has 140 valence electrons. The zero-order valence-corrected chi connectivity index (χ0v) is 15.3. The fraction of sp³-hybridized carbons (Fsp3) is 0.471. The number of hydrogen-bond acceptors (Lipinski definition) is 5. The summed E-state index contributed by atoms with van der Waals surface area (Å²) in [4.78, 5) is 25.4. The number of carbonyl (C=O) groups is 1. The highest BCUT2D eigenvalue weighted by Crippen LogP contribution is 2.29. The SMILES string of the molecule is Cc1nc(C)c(CC(=O)N2CCN(c3ccc(C(F)(F)F)cn3)CC2)s1. The van der Waals surface area contributed by atoms with E-state index in [9.17, 15) is 18.0 Å². The van der Waals surface area contributed by atoms with Crippen LogP contribution in [0.15, 0.2) is 18.3 Å². The van der Waals surface area contributed by atoms with Gasteiger partial charge in [-0.15, -0.1) is 11.3 Å². The maximum atomic E-state index is 12.6. The molecule has 26 heavy (non-hydrogen) atoms. The van der Waals surface area contributed by atoms with Crippen LogP contribution in [0.3, 0.4) is 0 Å². The Kier molecular flexibility index (Phi) is 5.17. The highest BCUT2D eigenvalue weighted by Gasteiger charge is 2.31. The first-order chi connectivity index (χ1) is 12.2. The largest absolute Gasteiger partial charge is 0.417 e. The van der Waals surface area contributed by atoms with Gasteiger partial charge in [0.2, 0.25) is 5.91 Å². The molecule has 0 radical (unpaired) electrons. The summed E-state index contributed by atoms with van der Waals surface area (Å²) < 4.78 is 37.8. The second-order valence-corrected chi connectivity index (χ2v) is 7.48. The fourth-order valence-electron chi connectivity index (χ4n) is 2.91. The summed E-state index contributed by atoms with van der Waals surface area (Å²) in [5, 5.41) is 0.948. The molecule has 0 bridgehead atoms. The van der Waals surface area contributed by atoms with Crippen LogP contribution in [0.1, 0.15) is 21.1 Å². The molecular weight excluding hydrogens is 365 g/mol. The highest BCUT2D eigenvalue weighted by atomic mass is 32.1. The number of piperazine rings is 1. The summed E-state index contributed by atoms with van der Waals surface area (Å²) in [6, 6.07) is 2.42. The number of rotatable bonds is 3. The second-order valence-electron chi connectivity index (χ2n) is 6.19. The Morgan fingerprint density at radius 3 is 2.38 bits per heavy atom. The molecule has 2 aromatic rings. The predicted molar refractivity (Wildman–Crippen MR) is 93.3 cm³/mol. The van der Waals surface area contributed by atoms with E-state index >= 15 is 0 Å². The van der Waals surface area contributed by atoms with E-state index in [1.165, 1.54) is 17.4 Å². The van der Waals surface area contributed by atoms with Gasteiger partial charge in [0.15, 0.2) is 0 Å². The number of anilines is 1. The third-order valence-corrected chi connectivity index (χ3v) is 5.42. The number of alkyl halides is 3. The molecule has 0 aliphatic carbocycles. The normalized spacial score (nSPS) is 15.4. The summed E-state index contributed by atoms with van der Waals surface area (Å²) in [5.41, 5.74) is 0.138. The van der Waals surface area contributed by atoms with Crippen molar-refractivity contribution in [2.45, 2.75) is 26.4 Å². The Bertz CT molecular complexity index is 780. The Hall–Kier alpha value is -2.16. The number of aryl methyl sites for hydroxylation is 2. The summed E-state index contributed by atoms with van der Waals surface area (Å²) >= 11 is 1.54. The van der Waals surface area contributed by atoms with Crippen LogP contribution in [-0.4, -0.2) is 47.0 Å². The van der Waals surface area contributed by atoms with Gasteiger partial charge in [0.25, 0.3) is 0 Å². The molecule has 0 atom stereocenters. The number of pyridine rings is 1. The number of carbonyl (C=O) groups excluding carboxylic acids is 1. The van der Waals surface area contributed by atoms with Crippen molar-refractivity contribution < 1.29 is 18.0 Å². The van der Waals surface area contributed by atoms with Gasteiger partial charge in [-0.3, -0.25) is 4.79 Å². The number of thiazole rings is 1. The van der Waals surface area contributed by atoms with E-state index in [0.29, 0.717) is 38.4 Å². The maximum absolute atomic E-state index is 12.6. The maximum Gasteiger partial charge on any atom is 0.417 e. The first kappa shape index (κ1) is 18.6. The van der Waals surface area contributed by atoms with Crippen LogP contribution >= 0.6 is 11.3 Å². The van der Waals surface area contributed by atoms with Crippen LogP contribution in [0.25, 0.3) is 0 Å². The molecule has 0 N–H and O–H groups in total. The van der Waals surface area contributed by atoms with Gasteiger partial charge >= 0.3 is 6.18 Å². The van der Waals surface area contributed by atoms with Crippen LogP contribution in [-0.2, 0) is 17.4 Å². The van der Waals surface area contributed by atoms with E-state index in [1.54, 1.807) is 4.90 Å². The molecular formula is C17H19F3N4OS. The minimum Gasteiger partial charge on any atom is -0.353 e. The summed E-state index contributed by atoms with van der Waals surface area (Å²) in [5.74, 6) is 0.552. The molecule has 1 saturated heterocycles. The molecule has 1 aliphatic heterocycles. The zero-order valence-electron chi connectivity index (χ0n) is 14.5. The van der Waals surface area contributed by atoms with E-state index in [-0.39, 0.29) is 5.91 Å². The smallest absolute Gasteiger partial charge is 0.353 e. The summed E-state index contributed by atoms with van der Waals surface area (Å²) in [7, 11) is 0. The van der Waals surface area contributed by atoms with Crippen molar-refractivity contribution in [2.24, 2.45) is 0 Å². The van der Waals surface area contributed by atoms with Gasteiger partial charge in [-0.1, -0.05) is 0 Å². The minimum atomic E-state index is -4.39. The Balaban J connectivity index is 1.57. The van der Waals surface area contributed by atoms with Gasteiger partial charge in [-0.2, -0.15) is 13.2 Å².